The molecule has 2 aliphatic heterocycles. The second kappa shape index (κ2) is 6.94. The van der Waals surface area contributed by atoms with Gasteiger partial charge in [-0.05, 0) is 35.8 Å². The molecule has 1 aromatic rings. The fourth-order valence-corrected chi connectivity index (χ4v) is 5.32. The predicted octanol–water partition coefficient (Wildman–Crippen LogP) is 3.68. The van der Waals surface area contributed by atoms with Crippen molar-refractivity contribution in [3.05, 3.63) is 21.9 Å². The van der Waals surface area contributed by atoms with Crippen molar-refractivity contribution in [3.63, 3.8) is 0 Å². The van der Waals surface area contributed by atoms with Crippen molar-refractivity contribution in [2.24, 2.45) is 5.92 Å². The number of carbonyl (C=O) groups excluding carboxylic acids is 1. The van der Waals surface area contributed by atoms with Gasteiger partial charge in [-0.15, -0.1) is 11.3 Å². The Morgan fingerprint density at radius 2 is 2.04 bits per heavy atom. The molecule has 2 fully saturated rings. The third kappa shape index (κ3) is 3.48. The van der Waals surface area contributed by atoms with Crippen LogP contribution < -0.4 is 0 Å². The molecule has 4 heteroatoms. The van der Waals surface area contributed by atoms with E-state index in [1.165, 1.54) is 50.6 Å². The van der Waals surface area contributed by atoms with E-state index in [2.05, 4.69) is 21.2 Å². The van der Waals surface area contributed by atoms with E-state index < -0.39 is 0 Å². The minimum absolute atomic E-state index is 0.403. The van der Waals surface area contributed by atoms with E-state index in [-0.39, 0.29) is 0 Å². The molecule has 1 saturated heterocycles. The lowest BCUT2D eigenvalue weighted by atomic mass is 9.86. The van der Waals surface area contributed by atoms with Crippen LogP contribution in [-0.4, -0.2) is 41.4 Å². The van der Waals surface area contributed by atoms with Crippen LogP contribution in [0, 0.1) is 5.92 Å². The van der Waals surface area contributed by atoms with E-state index in [4.69, 9.17) is 0 Å². The van der Waals surface area contributed by atoms with Gasteiger partial charge in [0.15, 0.2) is 0 Å². The van der Waals surface area contributed by atoms with Gasteiger partial charge in [0, 0.05) is 43.5 Å². The van der Waals surface area contributed by atoms with Crippen molar-refractivity contribution in [1.29, 1.82) is 0 Å². The van der Waals surface area contributed by atoms with E-state index in [1.54, 1.807) is 4.88 Å². The zero-order chi connectivity index (χ0) is 15.6. The van der Waals surface area contributed by atoms with E-state index in [9.17, 15) is 4.79 Å². The van der Waals surface area contributed by atoms with E-state index >= 15 is 0 Å². The molecule has 0 spiro atoms. The van der Waals surface area contributed by atoms with Gasteiger partial charge in [-0.25, -0.2) is 0 Å². The summed E-state index contributed by atoms with van der Waals surface area (Å²) < 4.78 is 0. The van der Waals surface area contributed by atoms with E-state index in [0.29, 0.717) is 11.9 Å². The molecule has 0 unspecified atom stereocenters. The Morgan fingerprint density at radius 1 is 1.22 bits per heavy atom. The van der Waals surface area contributed by atoms with Crippen LogP contribution >= 0.6 is 11.3 Å². The first-order chi connectivity index (χ1) is 11.3. The first-order valence-corrected chi connectivity index (χ1v) is 10.2. The molecule has 0 N–H and O–H groups in total. The number of thiophene rings is 1. The largest absolute Gasteiger partial charge is 0.339 e. The highest BCUT2D eigenvalue weighted by Gasteiger charge is 2.36. The maximum Gasteiger partial charge on any atom is 0.222 e. The number of nitrogens with zero attached hydrogens (tertiary/aromatic N) is 2. The lowest BCUT2D eigenvalue weighted by Crippen LogP contribution is -2.61. The van der Waals surface area contributed by atoms with Crippen molar-refractivity contribution in [3.8, 4) is 0 Å². The van der Waals surface area contributed by atoms with Crippen LogP contribution in [0.15, 0.2) is 11.4 Å². The summed E-state index contributed by atoms with van der Waals surface area (Å²) in [5.41, 5.74) is 1.52. The number of amides is 1. The number of fused-ring (bicyclic) bond motifs is 1. The summed E-state index contributed by atoms with van der Waals surface area (Å²) in [5, 5.41) is 2.22. The highest BCUT2D eigenvalue weighted by molar-refractivity contribution is 7.10. The second-order valence-corrected chi connectivity index (χ2v) is 8.59. The zero-order valence-corrected chi connectivity index (χ0v) is 14.8. The van der Waals surface area contributed by atoms with Crippen molar-refractivity contribution in [2.45, 2.75) is 64.0 Å². The average molecular weight is 333 g/mol. The molecule has 3 aliphatic rings. The average Bonchev–Trinajstić information content (AvgIpc) is 3.00. The first-order valence-electron chi connectivity index (χ1n) is 9.36. The van der Waals surface area contributed by atoms with Gasteiger partial charge in [0.1, 0.15) is 0 Å². The number of rotatable bonds is 4. The van der Waals surface area contributed by atoms with Gasteiger partial charge in [0.05, 0.1) is 0 Å². The topological polar surface area (TPSA) is 23.6 Å². The fourth-order valence-electron chi connectivity index (χ4n) is 4.43. The quantitative estimate of drug-likeness (QED) is 0.840. The molecule has 126 valence electrons. The second-order valence-electron chi connectivity index (χ2n) is 7.58. The number of hydrogen-bond acceptors (Lipinski definition) is 3. The number of carbonyl (C=O) groups is 1. The van der Waals surface area contributed by atoms with E-state index in [0.717, 1.165) is 38.4 Å². The smallest absolute Gasteiger partial charge is 0.222 e. The number of hydrogen-bond donors (Lipinski definition) is 0. The summed E-state index contributed by atoms with van der Waals surface area (Å²) in [6, 6.07) is 2.87. The molecule has 3 nitrogen and oxygen atoms in total. The maximum atomic E-state index is 12.4. The van der Waals surface area contributed by atoms with Crippen molar-refractivity contribution in [2.75, 3.05) is 19.6 Å². The Balaban J connectivity index is 1.20. The number of likely N-dealkylation sites (tertiary alicyclic amines) is 1. The van der Waals surface area contributed by atoms with Crippen molar-refractivity contribution < 1.29 is 4.79 Å². The standard InChI is InChI=1S/C19H28N2OS/c22-19(7-6-15-4-2-1-3-5-15)21-13-17(14-21)20-10-8-18-16(12-20)9-11-23-18/h9,11,15,17H,1-8,10,12-14H2. The Bertz CT molecular complexity index is 543. The lowest BCUT2D eigenvalue weighted by molar-refractivity contribution is -0.139. The normalized spacial score (nSPS) is 23.6. The molecule has 0 atom stereocenters. The first kappa shape index (κ1) is 15.6. The lowest BCUT2D eigenvalue weighted by Gasteiger charge is -2.46. The minimum Gasteiger partial charge on any atom is -0.339 e. The van der Waals surface area contributed by atoms with Crippen molar-refractivity contribution >= 4 is 17.2 Å². The van der Waals surface area contributed by atoms with Crippen LogP contribution in [-0.2, 0) is 17.8 Å². The van der Waals surface area contributed by atoms with Gasteiger partial charge in [-0.1, -0.05) is 32.1 Å². The molecule has 1 saturated carbocycles. The minimum atomic E-state index is 0.403. The van der Waals surface area contributed by atoms with Gasteiger partial charge in [-0.3, -0.25) is 9.69 Å². The van der Waals surface area contributed by atoms with E-state index in [1.807, 2.05) is 11.3 Å². The molecule has 4 rings (SSSR count). The third-order valence-electron chi connectivity index (χ3n) is 6.06. The summed E-state index contributed by atoms with van der Waals surface area (Å²) in [7, 11) is 0. The van der Waals surface area contributed by atoms with Gasteiger partial charge >= 0.3 is 0 Å². The Hall–Kier alpha value is -0.870. The summed E-state index contributed by atoms with van der Waals surface area (Å²) in [5.74, 6) is 1.23. The van der Waals surface area contributed by atoms with Crippen LogP contribution in [0.2, 0.25) is 0 Å². The summed E-state index contributed by atoms with van der Waals surface area (Å²) in [6.07, 6.45) is 9.97. The molecule has 1 amide bonds. The molecule has 0 bridgehead atoms. The monoisotopic (exact) mass is 332 g/mol. The summed E-state index contributed by atoms with van der Waals surface area (Å²) in [4.78, 5) is 18.6. The van der Waals surface area contributed by atoms with Gasteiger partial charge < -0.3 is 4.90 Å². The van der Waals surface area contributed by atoms with Gasteiger partial charge in [-0.2, -0.15) is 0 Å². The molecule has 0 radical (unpaired) electrons. The molecule has 23 heavy (non-hydrogen) atoms. The molecule has 3 heterocycles. The summed E-state index contributed by atoms with van der Waals surface area (Å²) >= 11 is 1.90. The van der Waals surface area contributed by atoms with Gasteiger partial charge in [0.2, 0.25) is 5.91 Å². The van der Waals surface area contributed by atoms with Crippen LogP contribution in [0.5, 0.6) is 0 Å². The van der Waals surface area contributed by atoms with Crippen LogP contribution in [0.25, 0.3) is 0 Å². The zero-order valence-electron chi connectivity index (χ0n) is 14.0. The fraction of sp³-hybridized carbons (Fsp3) is 0.737. The molecule has 1 aromatic heterocycles. The predicted molar refractivity (Wildman–Crippen MR) is 94.6 cm³/mol. The van der Waals surface area contributed by atoms with Crippen LogP contribution in [0.1, 0.15) is 55.4 Å². The maximum absolute atomic E-state index is 12.4. The highest BCUT2D eigenvalue weighted by atomic mass is 32.1. The van der Waals surface area contributed by atoms with Gasteiger partial charge in [0.25, 0.3) is 0 Å². The summed E-state index contributed by atoms with van der Waals surface area (Å²) in [6.45, 7) is 4.18. The molecular weight excluding hydrogens is 304 g/mol. The Labute approximate surface area is 143 Å². The Morgan fingerprint density at radius 3 is 2.87 bits per heavy atom. The highest BCUT2D eigenvalue weighted by Crippen LogP contribution is 2.30. The Kier molecular flexibility index (Phi) is 4.72. The SMILES string of the molecule is O=C(CCC1CCCCC1)N1CC(N2CCc3sccc3C2)C1. The molecule has 1 aliphatic carbocycles. The third-order valence-corrected chi connectivity index (χ3v) is 7.08. The van der Waals surface area contributed by atoms with Crippen molar-refractivity contribution in [1.82, 2.24) is 9.80 Å². The molecule has 0 aromatic carbocycles. The van der Waals surface area contributed by atoms with Crippen LogP contribution in [0.4, 0.5) is 0 Å². The van der Waals surface area contributed by atoms with Crippen LogP contribution in [0.3, 0.4) is 0 Å². The molecular formula is C19H28N2OS.